The van der Waals surface area contributed by atoms with Crippen molar-refractivity contribution in [3.05, 3.63) is 65.7 Å². The molecule has 0 radical (unpaired) electrons. The number of nitrogens with one attached hydrogen (secondary N) is 1. The van der Waals surface area contributed by atoms with Gasteiger partial charge in [-0.15, -0.1) is 5.10 Å². The molecule has 0 spiro atoms. The van der Waals surface area contributed by atoms with Crippen LogP contribution < -0.4 is 10.1 Å². The summed E-state index contributed by atoms with van der Waals surface area (Å²) in [6.45, 7) is 3.76. The Hall–Kier alpha value is -3.22. The van der Waals surface area contributed by atoms with E-state index >= 15 is 0 Å². The van der Waals surface area contributed by atoms with Crippen LogP contribution in [0, 0.1) is 6.92 Å². The highest BCUT2D eigenvalue weighted by Crippen LogP contribution is 2.18. The number of rotatable bonds is 6. The van der Waals surface area contributed by atoms with E-state index < -0.39 is 0 Å². The van der Waals surface area contributed by atoms with E-state index in [0.717, 1.165) is 11.4 Å². The monoisotopic (exact) mass is 351 g/mol. The van der Waals surface area contributed by atoms with E-state index in [1.54, 1.807) is 18.0 Å². The molecule has 0 fully saturated rings. The van der Waals surface area contributed by atoms with Gasteiger partial charge in [0.1, 0.15) is 5.75 Å². The number of hydrogen-bond donors (Lipinski definition) is 1. The van der Waals surface area contributed by atoms with Crippen molar-refractivity contribution in [1.29, 1.82) is 0 Å². The molecule has 2 aromatic heterocycles. The summed E-state index contributed by atoms with van der Waals surface area (Å²) in [6, 6.07) is 13.1. The summed E-state index contributed by atoms with van der Waals surface area (Å²) in [4.78, 5) is 16.8. The maximum absolute atomic E-state index is 12.6. The van der Waals surface area contributed by atoms with E-state index in [1.807, 2.05) is 56.3 Å². The lowest BCUT2D eigenvalue weighted by Crippen LogP contribution is -2.35. The zero-order valence-electron chi connectivity index (χ0n) is 15.0. The molecule has 2 heterocycles. The Morgan fingerprint density at radius 2 is 2.12 bits per heavy atom. The van der Waals surface area contributed by atoms with Crippen LogP contribution >= 0.6 is 0 Å². The molecule has 0 unspecified atom stereocenters. The number of methoxy groups -OCH3 is 1. The van der Waals surface area contributed by atoms with E-state index in [2.05, 4.69) is 20.6 Å². The Balaban J connectivity index is 1.73. The van der Waals surface area contributed by atoms with Crippen LogP contribution in [0.4, 0.5) is 0 Å². The van der Waals surface area contributed by atoms with Gasteiger partial charge in [-0.05, 0) is 38.1 Å². The topological polar surface area (TPSA) is 81.9 Å². The quantitative estimate of drug-likeness (QED) is 0.737. The minimum absolute atomic E-state index is 0.0706. The lowest BCUT2D eigenvalue weighted by Gasteiger charge is -2.12. The number of nitrogens with zero attached hydrogens (tertiary/aromatic N) is 4. The molecule has 1 amide bonds. The first-order valence-corrected chi connectivity index (χ1v) is 8.36. The van der Waals surface area contributed by atoms with Crippen molar-refractivity contribution >= 4 is 5.91 Å². The Morgan fingerprint density at radius 1 is 1.27 bits per heavy atom. The maximum atomic E-state index is 12.6. The number of aromatic nitrogens is 4. The number of hydrogen-bond acceptors (Lipinski definition) is 5. The van der Waals surface area contributed by atoms with Gasteiger partial charge in [0.05, 0.1) is 18.5 Å². The zero-order valence-corrected chi connectivity index (χ0v) is 15.0. The van der Waals surface area contributed by atoms with Crippen molar-refractivity contribution < 1.29 is 9.53 Å². The predicted octanol–water partition coefficient (Wildman–Crippen LogP) is 2.34. The molecular formula is C19H21N5O2. The number of carbonyl (C=O) groups is 1. The van der Waals surface area contributed by atoms with Crippen LogP contribution in [0.1, 0.15) is 28.8 Å². The van der Waals surface area contributed by atoms with E-state index in [-0.39, 0.29) is 11.9 Å². The fourth-order valence-electron chi connectivity index (χ4n) is 2.70. The predicted molar refractivity (Wildman–Crippen MR) is 97.5 cm³/mol. The molecule has 0 saturated carbocycles. The lowest BCUT2D eigenvalue weighted by molar-refractivity contribution is 0.0934. The highest BCUT2D eigenvalue weighted by molar-refractivity contribution is 5.93. The standard InChI is InChI=1S/C19H21N5O2/c1-13(11-15-7-4-5-10-20-15)21-19(25)18-14(2)24(23-22-18)16-8-6-9-17(12-16)26-3/h4-10,12-13H,11H2,1-3H3,(H,21,25)/t13-/m1/s1. The van der Waals surface area contributed by atoms with Gasteiger partial charge >= 0.3 is 0 Å². The van der Waals surface area contributed by atoms with Crippen LogP contribution in [-0.2, 0) is 6.42 Å². The Labute approximate surface area is 152 Å². The van der Waals surface area contributed by atoms with Crippen LogP contribution in [0.25, 0.3) is 5.69 Å². The molecule has 7 nitrogen and oxygen atoms in total. The molecule has 0 aliphatic carbocycles. The van der Waals surface area contributed by atoms with Gasteiger partial charge in [-0.2, -0.15) is 0 Å². The van der Waals surface area contributed by atoms with Crippen LogP contribution in [0.2, 0.25) is 0 Å². The smallest absolute Gasteiger partial charge is 0.273 e. The van der Waals surface area contributed by atoms with E-state index in [0.29, 0.717) is 23.6 Å². The first kappa shape index (κ1) is 17.6. The molecule has 1 aromatic carbocycles. The second kappa shape index (κ2) is 7.77. The molecule has 0 aliphatic rings. The maximum Gasteiger partial charge on any atom is 0.273 e. The molecule has 0 bridgehead atoms. The van der Waals surface area contributed by atoms with Gasteiger partial charge in [0.2, 0.25) is 0 Å². The SMILES string of the molecule is COc1cccc(-n2nnc(C(=O)N[C@H](C)Cc3ccccn3)c2C)c1. The van der Waals surface area contributed by atoms with Crippen molar-refractivity contribution in [2.75, 3.05) is 7.11 Å². The first-order valence-electron chi connectivity index (χ1n) is 8.36. The van der Waals surface area contributed by atoms with Gasteiger partial charge in [-0.1, -0.05) is 17.3 Å². The molecule has 7 heteroatoms. The van der Waals surface area contributed by atoms with Gasteiger partial charge in [-0.25, -0.2) is 4.68 Å². The average molecular weight is 351 g/mol. The Kier molecular flexibility index (Phi) is 5.26. The summed E-state index contributed by atoms with van der Waals surface area (Å²) in [7, 11) is 1.61. The largest absolute Gasteiger partial charge is 0.497 e. The van der Waals surface area contributed by atoms with Gasteiger partial charge in [0.25, 0.3) is 5.91 Å². The summed E-state index contributed by atoms with van der Waals surface area (Å²) in [6.07, 6.45) is 2.39. The molecule has 26 heavy (non-hydrogen) atoms. The third kappa shape index (κ3) is 3.88. The number of amides is 1. The highest BCUT2D eigenvalue weighted by atomic mass is 16.5. The van der Waals surface area contributed by atoms with Crippen LogP contribution in [0.15, 0.2) is 48.7 Å². The minimum atomic E-state index is -0.250. The minimum Gasteiger partial charge on any atom is -0.497 e. The van der Waals surface area contributed by atoms with E-state index in [1.165, 1.54) is 0 Å². The average Bonchev–Trinajstić information content (AvgIpc) is 3.04. The van der Waals surface area contributed by atoms with Crippen molar-refractivity contribution in [2.24, 2.45) is 0 Å². The van der Waals surface area contributed by atoms with Crippen LogP contribution in [0.3, 0.4) is 0 Å². The molecule has 0 saturated heterocycles. The molecule has 0 aliphatic heterocycles. The number of benzene rings is 1. The van der Waals surface area contributed by atoms with Crippen molar-refractivity contribution in [3.8, 4) is 11.4 Å². The van der Waals surface area contributed by atoms with Crippen molar-refractivity contribution in [1.82, 2.24) is 25.3 Å². The Bertz CT molecular complexity index is 892. The van der Waals surface area contributed by atoms with Gasteiger partial charge in [-0.3, -0.25) is 9.78 Å². The summed E-state index contributed by atoms with van der Waals surface area (Å²) in [5.41, 5.74) is 2.69. The number of ether oxygens (including phenoxy) is 1. The molecule has 134 valence electrons. The second-order valence-corrected chi connectivity index (χ2v) is 6.04. The molecular weight excluding hydrogens is 330 g/mol. The molecule has 1 atom stereocenters. The molecule has 1 N–H and O–H groups in total. The summed E-state index contributed by atoms with van der Waals surface area (Å²) < 4.78 is 6.86. The van der Waals surface area contributed by atoms with Crippen molar-refractivity contribution in [2.45, 2.75) is 26.3 Å². The summed E-state index contributed by atoms with van der Waals surface area (Å²) in [5.74, 6) is 0.465. The van der Waals surface area contributed by atoms with Crippen LogP contribution in [0.5, 0.6) is 5.75 Å². The third-order valence-corrected chi connectivity index (χ3v) is 4.03. The lowest BCUT2D eigenvalue weighted by atomic mass is 10.1. The van der Waals surface area contributed by atoms with Gasteiger partial charge < -0.3 is 10.1 Å². The zero-order chi connectivity index (χ0) is 18.5. The Morgan fingerprint density at radius 3 is 2.85 bits per heavy atom. The normalized spacial score (nSPS) is 11.8. The van der Waals surface area contributed by atoms with Crippen molar-refractivity contribution in [3.63, 3.8) is 0 Å². The van der Waals surface area contributed by atoms with Gasteiger partial charge in [0.15, 0.2) is 5.69 Å². The third-order valence-electron chi connectivity index (χ3n) is 4.03. The fourth-order valence-corrected chi connectivity index (χ4v) is 2.70. The highest BCUT2D eigenvalue weighted by Gasteiger charge is 2.19. The van der Waals surface area contributed by atoms with E-state index in [4.69, 9.17) is 4.74 Å². The van der Waals surface area contributed by atoms with Crippen LogP contribution in [-0.4, -0.2) is 39.0 Å². The summed E-state index contributed by atoms with van der Waals surface area (Å²) >= 11 is 0. The number of pyridine rings is 1. The second-order valence-electron chi connectivity index (χ2n) is 6.04. The van der Waals surface area contributed by atoms with Gasteiger partial charge in [0, 0.05) is 30.4 Å². The van der Waals surface area contributed by atoms with E-state index in [9.17, 15) is 4.79 Å². The summed E-state index contributed by atoms with van der Waals surface area (Å²) in [5, 5.41) is 11.1. The molecule has 3 rings (SSSR count). The first-order chi connectivity index (χ1) is 12.6. The fraction of sp³-hybridized carbons (Fsp3) is 0.263. The molecule has 3 aromatic rings. The number of carbonyl (C=O) groups excluding carboxylic acids is 1.